The van der Waals surface area contributed by atoms with E-state index >= 15 is 0 Å². The molecule has 0 aromatic heterocycles. The van der Waals surface area contributed by atoms with Crippen molar-refractivity contribution in [3.05, 3.63) is 97.2 Å². The number of rotatable bonds is 67. The number of amides is 1. The first-order chi connectivity index (χ1) is 44.3. The molecule has 0 aromatic rings. The lowest BCUT2D eigenvalue weighted by atomic mass is 9.99. The summed E-state index contributed by atoms with van der Waals surface area (Å²) < 4.78 is 11.3. The van der Waals surface area contributed by atoms with Crippen LogP contribution < -0.4 is 5.32 Å². The normalized spacial score (nSPS) is 18.3. The van der Waals surface area contributed by atoms with Crippen LogP contribution in [0.2, 0.25) is 0 Å². The fourth-order valence-corrected chi connectivity index (χ4v) is 11.9. The summed E-state index contributed by atoms with van der Waals surface area (Å²) in [6.45, 7) is 3.69. The van der Waals surface area contributed by atoms with Crippen molar-refractivity contribution in [1.82, 2.24) is 5.32 Å². The van der Waals surface area contributed by atoms with Crippen molar-refractivity contribution >= 4 is 5.91 Å². The van der Waals surface area contributed by atoms with Crippen molar-refractivity contribution in [2.75, 3.05) is 13.2 Å². The molecule has 9 nitrogen and oxygen atoms in total. The van der Waals surface area contributed by atoms with Gasteiger partial charge < -0.3 is 40.3 Å². The highest BCUT2D eigenvalue weighted by Crippen LogP contribution is 2.23. The lowest BCUT2D eigenvalue weighted by Gasteiger charge is -2.40. The number of nitrogens with one attached hydrogen (secondary N) is 1. The summed E-state index contributed by atoms with van der Waals surface area (Å²) in [4.78, 5) is 13.2. The Labute approximate surface area is 555 Å². The molecule has 7 atom stereocenters. The van der Waals surface area contributed by atoms with Gasteiger partial charge in [-0.05, 0) is 89.9 Å². The summed E-state index contributed by atoms with van der Waals surface area (Å²) in [6, 6.07) is -0.833. The average molecular weight is 1260 g/mol. The van der Waals surface area contributed by atoms with Crippen molar-refractivity contribution in [2.45, 2.75) is 397 Å². The van der Waals surface area contributed by atoms with E-state index in [-0.39, 0.29) is 12.5 Å². The summed E-state index contributed by atoms with van der Waals surface area (Å²) >= 11 is 0. The van der Waals surface area contributed by atoms with Crippen molar-refractivity contribution in [3.8, 4) is 0 Å². The molecule has 1 amide bonds. The van der Waals surface area contributed by atoms with Gasteiger partial charge in [0, 0.05) is 6.42 Å². The van der Waals surface area contributed by atoms with Gasteiger partial charge in [-0.3, -0.25) is 4.79 Å². The van der Waals surface area contributed by atoms with Crippen LogP contribution in [0.25, 0.3) is 0 Å². The largest absolute Gasteiger partial charge is 0.394 e. The maximum atomic E-state index is 13.2. The highest BCUT2D eigenvalue weighted by atomic mass is 16.7. The molecule has 1 aliphatic heterocycles. The average Bonchev–Trinajstić information content (AvgIpc) is 1.28. The summed E-state index contributed by atoms with van der Waals surface area (Å²) in [5, 5.41) is 54.8. The fraction of sp³-hybridized carbons (Fsp3) is 0.790. The van der Waals surface area contributed by atoms with Gasteiger partial charge in [-0.1, -0.05) is 355 Å². The molecule has 90 heavy (non-hydrogen) atoms. The Kier molecular flexibility index (Phi) is 65.2. The van der Waals surface area contributed by atoms with Crippen LogP contribution in [0.4, 0.5) is 0 Å². The number of allylic oxidation sites excluding steroid dienone is 15. The molecular weight excluding hydrogens is 1110 g/mol. The maximum absolute atomic E-state index is 13.2. The van der Waals surface area contributed by atoms with Crippen LogP contribution in [0.3, 0.4) is 0 Å². The van der Waals surface area contributed by atoms with Gasteiger partial charge in [0.2, 0.25) is 5.91 Å². The molecule has 1 rings (SSSR count). The van der Waals surface area contributed by atoms with E-state index in [0.717, 1.165) is 77.0 Å². The number of carbonyl (C=O) groups is 1. The molecule has 0 bridgehead atoms. The zero-order valence-electron chi connectivity index (χ0n) is 58.6. The Balaban J connectivity index is 2.11. The van der Waals surface area contributed by atoms with E-state index in [1.165, 1.54) is 257 Å². The molecule has 0 aliphatic carbocycles. The first-order valence-electron chi connectivity index (χ1n) is 38.5. The summed E-state index contributed by atoms with van der Waals surface area (Å²) in [5.41, 5.74) is 0. The Morgan fingerprint density at radius 1 is 0.389 bits per heavy atom. The number of aliphatic hydroxyl groups excluding tert-OH is 5. The van der Waals surface area contributed by atoms with Gasteiger partial charge in [0.15, 0.2) is 6.29 Å². The third kappa shape index (κ3) is 56.6. The van der Waals surface area contributed by atoms with Crippen LogP contribution in [0, 0.1) is 0 Å². The molecule has 6 N–H and O–H groups in total. The van der Waals surface area contributed by atoms with E-state index in [4.69, 9.17) is 9.47 Å². The van der Waals surface area contributed by atoms with Gasteiger partial charge in [0.25, 0.3) is 0 Å². The second kappa shape index (κ2) is 69.0. The van der Waals surface area contributed by atoms with E-state index < -0.39 is 49.5 Å². The van der Waals surface area contributed by atoms with Gasteiger partial charge in [0.1, 0.15) is 24.4 Å². The minimum absolute atomic E-state index is 0.187. The van der Waals surface area contributed by atoms with Crippen molar-refractivity contribution in [1.29, 1.82) is 0 Å². The van der Waals surface area contributed by atoms with Gasteiger partial charge >= 0.3 is 0 Å². The number of hydrogen-bond acceptors (Lipinski definition) is 8. The monoisotopic (exact) mass is 1260 g/mol. The minimum atomic E-state index is -1.58. The van der Waals surface area contributed by atoms with Crippen LogP contribution in [0.15, 0.2) is 97.2 Å². The Morgan fingerprint density at radius 3 is 1.07 bits per heavy atom. The van der Waals surface area contributed by atoms with E-state index in [1.54, 1.807) is 6.08 Å². The number of hydrogen-bond donors (Lipinski definition) is 6. The first-order valence-corrected chi connectivity index (χ1v) is 38.5. The Morgan fingerprint density at radius 2 is 0.700 bits per heavy atom. The van der Waals surface area contributed by atoms with Crippen molar-refractivity contribution in [3.63, 3.8) is 0 Å². The standard InChI is InChI=1S/C81H145NO8/c1-3-5-7-9-11-13-15-17-19-21-23-25-27-29-31-33-35-36-37-38-39-40-41-43-45-47-49-51-53-55-57-59-61-63-65-67-69-71-77(85)82-74(73-89-81-80(88)79(87)78(86)76(72-83)90-81)75(84)70-68-66-64-62-60-58-56-54-52-50-48-46-44-42-34-32-30-28-26-24-22-20-18-16-14-12-10-8-6-4-2/h5,7,11,13,17,19,23,25,29,31,52,54,60,62,68,70,74-76,78-81,83-84,86-88H,3-4,6,8-10,12,14-16,18,20-22,24,26-28,30,32-51,53,55-59,61,63-67,69,71-73H2,1-2H3,(H,82,85)/b7-5-,13-11-,19-17-,25-23-,31-29-,54-52+,62-60+,70-68+. The molecule has 0 aromatic carbocycles. The second-order valence-electron chi connectivity index (χ2n) is 26.4. The molecule has 0 radical (unpaired) electrons. The van der Waals surface area contributed by atoms with Crippen LogP contribution in [-0.4, -0.2) is 87.5 Å². The van der Waals surface area contributed by atoms with Crippen LogP contribution >= 0.6 is 0 Å². The van der Waals surface area contributed by atoms with Crippen LogP contribution in [0.5, 0.6) is 0 Å². The van der Waals surface area contributed by atoms with Gasteiger partial charge in [-0.15, -0.1) is 0 Å². The second-order valence-corrected chi connectivity index (χ2v) is 26.4. The molecule has 1 fully saturated rings. The summed E-state index contributed by atoms with van der Waals surface area (Å²) in [5.74, 6) is -0.187. The van der Waals surface area contributed by atoms with E-state index in [2.05, 4.69) is 104 Å². The molecule has 9 heteroatoms. The van der Waals surface area contributed by atoms with Crippen LogP contribution in [-0.2, 0) is 14.3 Å². The third-order valence-electron chi connectivity index (χ3n) is 17.9. The topological polar surface area (TPSA) is 149 Å². The zero-order valence-corrected chi connectivity index (χ0v) is 58.6. The highest BCUT2D eigenvalue weighted by Gasteiger charge is 2.44. The highest BCUT2D eigenvalue weighted by molar-refractivity contribution is 5.76. The molecular formula is C81H145NO8. The SMILES string of the molecule is CC/C=C\C/C=C\C/C=C\C/C=C\C/C=C\CCCCCCCCCCCCCCCCCCCCCCCC(=O)NC(COC1OC(CO)C(O)C(O)C1O)C(O)/C=C/CC/C=C/CC/C=C/CCCCCCCCCCCCCCCCCCCCCC. The van der Waals surface area contributed by atoms with Gasteiger partial charge in [-0.25, -0.2) is 0 Å². The van der Waals surface area contributed by atoms with Gasteiger partial charge in [0.05, 0.1) is 25.4 Å². The number of ether oxygens (including phenoxy) is 2. The molecule has 7 unspecified atom stereocenters. The molecule has 1 heterocycles. The number of carbonyl (C=O) groups excluding carboxylic acids is 1. The van der Waals surface area contributed by atoms with Crippen molar-refractivity contribution < 1.29 is 39.8 Å². The quantitative estimate of drug-likeness (QED) is 0.0261. The van der Waals surface area contributed by atoms with Gasteiger partial charge in [-0.2, -0.15) is 0 Å². The fourth-order valence-electron chi connectivity index (χ4n) is 11.9. The smallest absolute Gasteiger partial charge is 0.220 e. The first kappa shape index (κ1) is 85.1. The van der Waals surface area contributed by atoms with E-state index in [0.29, 0.717) is 6.42 Å². The number of aliphatic hydroxyl groups is 5. The molecule has 0 saturated carbocycles. The molecule has 1 aliphatic rings. The number of unbranched alkanes of at least 4 members (excludes halogenated alkanes) is 43. The van der Waals surface area contributed by atoms with Crippen LogP contribution in [0.1, 0.15) is 354 Å². The Bertz CT molecular complexity index is 1750. The van der Waals surface area contributed by atoms with E-state index in [1.807, 2.05) is 6.08 Å². The van der Waals surface area contributed by atoms with Crippen molar-refractivity contribution in [2.24, 2.45) is 0 Å². The lowest BCUT2D eigenvalue weighted by Crippen LogP contribution is -2.60. The predicted octanol–water partition coefficient (Wildman–Crippen LogP) is 21.8. The van der Waals surface area contributed by atoms with E-state index in [9.17, 15) is 30.3 Å². The predicted molar refractivity (Wildman–Crippen MR) is 387 cm³/mol. The third-order valence-corrected chi connectivity index (χ3v) is 17.9. The molecule has 1 saturated heterocycles. The summed E-state index contributed by atoms with van der Waals surface area (Å²) in [6.07, 6.45) is 94.0. The summed E-state index contributed by atoms with van der Waals surface area (Å²) in [7, 11) is 0. The molecule has 0 spiro atoms. The lowest BCUT2D eigenvalue weighted by molar-refractivity contribution is -0.302. The zero-order chi connectivity index (χ0) is 64.9. The minimum Gasteiger partial charge on any atom is -0.394 e. The molecule has 522 valence electrons. The maximum Gasteiger partial charge on any atom is 0.220 e. The Hall–Kier alpha value is -2.89.